The van der Waals surface area contributed by atoms with Gasteiger partial charge in [0.05, 0.1) is 4.92 Å². The van der Waals surface area contributed by atoms with E-state index in [2.05, 4.69) is 10.6 Å². The summed E-state index contributed by atoms with van der Waals surface area (Å²) in [6, 6.07) is 5.14. The van der Waals surface area contributed by atoms with Gasteiger partial charge in [-0.1, -0.05) is 19.3 Å². The van der Waals surface area contributed by atoms with Crippen molar-refractivity contribution < 1.29 is 4.92 Å². The van der Waals surface area contributed by atoms with E-state index < -0.39 is 0 Å². The van der Waals surface area contributed by atoms with E-state index in [1.165, 1.54) is 32.1 Å². The zero-order valence-corrected chi connectivity index (χ0v) is 12.0. The zero-order chi connectivity index (χ0) is 14.4. The van der Waals surface area contributed by atoms with Crippen molar-refractivity contribution in [3.8, 4) is 0 Å². The molecule has 2 N–H and O–H groups in total. The maximum Gasteiger partial charge on any atom is 0.273 e. The Morgan fingerprint density at radius 3 is 2.40 bits per heavy atom. The quantitative estimate of drug-likeness (QED) is 0.608. The highest BCUT2D eigenvalue weighted by Gasteiger charge is 2.14. The minimum Gasteiger partial charge on any atom is -0.385 e. The predicted molar refractivity (Wildman–Crippen MR) is 82.3 cm³/mol. The number of rotatable bonds is 6. The molecule has 2 rings (SSSR count). The molecular weight excluding hydrogens is 254 g/mol. The first-order valence-corrected chi connectivity index (χ1v) is 7.46. The van der Waals surface area contributed by atoms with Crippen LogP contribution >= 0.6 is 0 Å². The van der Waals surface area contributed by atoms with Crippen LogP contribution in [0.2, 0.25) is 0 Å². The molecule has 5 heteroatoms. The Morgan fingerprint density at radius 1 is 1.15 bits per heavy atom. The molecule has 1 aromatic carbocycles. The fourth-order valence-corrected chi connectivity index (χ4v) is 2.78. The molecule has 0 saturated heterocycles. The summed E-state index contributed by atoms with van der Waals surface area (Å²) in [5.74, 6) is 0.700. The van der Waals surface area contributed by atoms with Crippen LogP contribution in [0.3, 0.4) is 0 Å². The van der Waals surface area contributed by atoms with E-state index in [4.69, 9.17) is 0 Å². The second kappa shape index (κ2) is 7.12. The third kappa shape index (κ3) is 4.11. The van der Waals surface area contributed by atoms with Gasteiger partial charge in [-0.05, 0) is 31.7 Å². The van der Waals surface area contributed by atoms with Crippen LogP contribution in [0.1, 0.15) is 39.0 Å². The molecule has 0 atom stereocenters. The molecule has 1 fully saturated rings. The largest absolute Gasteiger partial charge is 0.385 e. The number of nitrogens with one attached hydrogen (secondary N) is 2. The van der Waals surface area contributed by atoms with E-state index in [1.807, 2.05) is 13.0 Å². The van der Waals surface area contributed by atoms with E-state index in [1.54, 1.807) is 12.1 Å². The molecule has 0 radical (unpaired) electrons. The van der Waals surface area contributed by atoms with Crippen LogP contribution in [0.4, 0.5) is 17.1 Å². The molecule has 1 aromatic rings. The van der Waals surface area contributed by atoms with E-state index >= 15 is 0 Å². The van der Waals surface area contributed by atoms with Gasteiger partial charge in [-0.25, -0.2) is 0 Å². The van der Waals surface area contributed by atoms with Crippen LogP contribution in [0.5, 0.6) is 0 Å². The fraction of sp³-hybridized carbons (Fsp3) is 0.600. The highest BCUT2D eigenvalue weighted by atomic mass is 16.6. The van der Waals surface area contributed by atoms with E-state index in [9.17, 15) is 10.1 Å². The topological polar surface area (TPSA) is 67.2 Å². The van der Waals surface area contributed by atoms with E-state index in [-0.39, 0.29) is 10.6 Å². The van der Waals surface area contributed by atoms with E-state index in [0.29, 0.717) is 5.92 Å². The van der Waals surface area contributed by atoms with Gasteiger partial charge in [0, 0.05) is 36.6 Å². The van der Waals surface area contributed by atoms with Crippen molar-refractivity contribution in [2.75, 3.05) is 23.7 Å². The first-order chi connectivity index (χ1) is 9.69. The van der Waals surface area contributed by atoms with Gasteiger partial charge in [-0.15, -0.1) is 0 Å². The molecule has 0 heterocycles. The summed E-state index contributed by atoms with van der Waals surface area (Å²) in [6.45, 7) is 3.64. The summed E-state index contributed by atoms with van der Waals surface area (Å²) >= 11 is 0. The number of hydrogen-bond donors (Lipinski definition) is 2. The lowest BCUT2D eigenvalue weighted by molar-refractivity contribution is -0.384. The molecule has 110 valence electrons. The standard InChI is InChI=1S/C15H23N3O2/c1-2-16-13-8-14(10-15(9-13)18(19)20)17-11-12-6-4-3-5-7-12/h8-10,12,16-17H,2-7,11H2,1H3. The number of nitro benzene ring substituents is 1. The lowest BCUT2D eigenvalue weighted by Gasteiger charge is -2.22. The Balaban J connectivity index is 2.03. The van der Waals surface area contributed by atoms with Gasteiger partial charge in [0.2, 0.25) is 0 Å². The van der Waals surface area contributed by atoms with Crippen molar-refractivity contribution >= 4 is 17.1 Å². The molecule has 5 nitrogen and oxygen atoms in total. The number of nitrogens with zero attached hydrogens (tertiary/aromatic N) is 1. The van der Waals surface area contributed by atoms with Crippen LogP contribution in [0.25, 0.3) is 0 Å². The SMILES string of the molecule is CCNc1cc(NCC2CCCCC2)cc([N+](=O)[O-])c1. The van der Waals surface area contributed by atoms with Gasteiger partial charge in [-0.2, -0.15) is 0 Å². The summed E-state index contributed by atoms with van der Waals surface area (Å²) in [5.41, 5.74) is 1.77. The fourth-order valence-electron chi connectivity index (χ4n) is 2.78. The number of non-ortho nitro benzene ring substituents is 1. The van der Waals surface area contributed by atoms with Gasteiger partial charge in [-0.3, -0.25) is 10.1 Å². The van der Waals surface area contributed by atoms with Crippen molar-refractivity contribution in [1.29, 1.82) is 0 Å². The lowest BCUT2D eigenvalue weighted by atomic mass is 9.89. The van der Waals surface area contributed by atoms with Crippen molar-refractivity contribution in [2.24, 2.45) is 5.92 Å². The molecule has 0 aliphatic heterocycles. The van der Waals surface area contributed by atoms with Gasteiger partial charge in [0.15, 0.2) is 0 Å². The molecule has 20 heavy (non-hydrogen) atoms. The van der Waals surface area contributed by atoms with Gasteiger partial charge in [0.1, 0.15) is 0 Å². The molecule has 1 aliphatic carbocycles. The van der Waals surface area contributed by atoms with Crippen molar-refractivity contribution in [3.05, 3.63) is 28.3 Å². The number of hydrogen-bond acceptors (Lipinski definition) is 4. The first kappa shape index (κ1) is 14.6. The Morgan fingerprint density at radius 2 is 1.80 bits per heavy atom. The number of nitro groups is 1. The van der Waals surface area contributed by atoms with Crippen LogP contribution in [-0.4, -0.2) is 18.0 Å². The van der Waals surface area contributed by atoms with Crippen molar-refractivity contribution in [3.63, 3.8) is 0 Å². The van der Waals surface area contributed by atoms with Crippen molar-refractivity contribution in [1.82, 2.24) is 0 Å². The summed E-state index contributed by atoms with van der Waals surface area (Å²) < 4.78 is 0. The summed E-state index contributed by atoms with van der Waals surface area (Å²) in [5, 5.41) is 17.5. The number of anilines is 2. The molecule has 0 amide bonds. The molecular formula is C15H23N3O2. The highest BCUT2D eigenvalue weighted by molar-refractivity contribution is 5.63. The zero-order valence-electron chi connectivity index (χ0n) is 12.0. The molecule has 1 saturated carbocycles. The summed E-state index contributed by atoms with van der Waals surface area (Å²) in [6.07, 6.45) is 6.50. The smallest absolute Gasteiger partial charge is 0.273 e. The van der Waals surface area contributed by atoms with Gasteiger partial charge >= 0.3 is 0 Å². The molecule has 0 bridgehead atoms. The Labute approximate surface area is 119 Å². The number of benzene rings is 1. The third-order valence-electron chi connectivity index (χ3n) is 3.83. The molecule has 1 aliphatic rings. The maximum absolute atomic E-state index is 11.0. The maximum atomic E-state index is 11.0. The molecule has 0 unspecified atom stereocenters. The minimum atomic E-state index is -0.341. The van der Waals surface area contributed by atoms with Crippen LogP contribution < -0.4 is 10.6 Å². The molecule has 0 spiro atoms. The highest BCUT2D eigenvalue weighted by Crippen LogP contribution is 2.27. The second-order valence-corrected chi connectivity index (χ2v) is 5.44. The Kier molecular flexibility index (Phi) is 5.21. The van der Waals surface area contributed by atoms with Crippen LogP contribution in [-0.2, 0) is 0 Å². The Bertz CT molecular complexity index is 456. The normalized spacial score (nSPS) is 15.8. The average molecular weight is 277 g/mol. The van der Waals surface area contributed by atoms with Crippen LogP contribution in [0.15, 0.2) is 18.2 Å². The second-order valence-electron chi connectivity index (χ2n) is 5.44. The average Bonchev–Trinajstić information content (AvgIpc) is 2.46. The predicted octanol–water partition coefficient (Wildman–Crippen LogP) is 4.02. The van der Waals surface area contributed by atoms with Crippen LogP contribution in [0, 0.1) is 16.0 Å². The summed E-state index contributed by atoms with van der Waals surface area (Å²) in [7, 11) is 0. The minimum absolute atomic E-state index is 0.134. The van der Waals surface area contributed by atoms with E-state index in [0.717, 1.165) is 24.5 Å². The first-order valence-electron chi connectivity index (χ1n) is 7.46. The Hall–Kier alpha value is -1.78. The van der Waals surface area contributed by atoms with Crippen molar-refractivity contribution in [2.45, 2.75) is 39.0 Å². The monoisotopic (exact) mass is 277 g/mol. The third-order valence-corrected chi connectivity index (χ3v) is 3.83. The lowest BCUT2D eigenvalue weighted by Crippen LogP contribution is -2.17. The molecule has 0 aromatic heterocycles. The van der Waals surface area contributed by atoms with Gasteiger partial charge in [0.25, 0.3) is 5.69 Å². The summed E-state index contributed by atoms with van der Waals surface area (Å²) in [4.78, 5) is 10.6. The van der Waals surface area contributed by atoms with Gasteiger partial charge < -0.3 is 10.6 Å².